The van der Waals surface area contributed by atoms with Crippen LogP contribution in [-0.4, -0.2) is 7.11 Å². The Balaban J connectivity index is 1.53. The van der Waals surface area contributed by atoms with Crippen molar-refractivity contribution in [3.05, 3.63) is 130 Å². The summed E-state index contributed by atoms with van der Waals surface area (Å²) in [4.78, 5) is 13.6. The zero-order chi connectivity index (χ0) is 24.0. The summed E-state index contributed by atoms with van der Waals surface area (Å²) in [6.45, 7) is 0.387. The van der Waals surface area contributed by atoms with E-state index in [1.165, 1.54) is 5.56 Å². The van der Waals surface area contributed by atoms with Gasteiger partial charge in [0.05, 0.1) is 18.1 Å². The van der Waals surface area contributed by atoms with Gasteiger partial charge in [-0.3, -0.25) is 4.79 Å². The number of hydrogen-bond acceptors (Lipinski definition) is 4. The first-order valence-electron chi connectivity index (χ1n) is 11.7. The van der Waals surface area contributed by atoms with Crippen LogP contribution < -0.4 is 14.9 Å². The highest BCUT2D eigenvalue weighted by Gasteiger charge is 2.19. The van der Waals surface area contributed by atoms with Crippen LogP contribution in [0.2, 0.25) is 0 Å². The Morgan fingerprint density at radius 2 is 1.43 bits per heavy atom. The van der Waals surface area contributed by atoms with Crippen molar-refractivity contribution in [2.24, 2.45) is 0 Å². The van der Waals surface area contributed by atoms with Gasteiger partial charge in [-0.05, 0) is 60.4 Å². The van der Waals surface area contributed by atoms with Crippen LogP contribution >= 0.6 is 0 Å². The van der Waals surface area contributed by atoms with Crippen molar-refractivity contribution in [3.63, 3.8) is 0 Å². The largest absolute Gasteiger partial charge is 0.497 e. The van der Waals surface area contributed by atoms with Crippen molar-refractivity contribution in [3.8, 4) is 22.8 Å². The number of ether oxygens (including phenoxy) is 2. The van der Waals surface area contributed by atoms with Crippen molar-refractivity contribution in [1.82, 2.24) is 0 Å². The molecule has 4 nitrogen and oxygen atoms in total. The number of fused-ring (bicyclic) bond motifs is 1. The van der Waals surface area contributed by atoms with E-state index in [2.05, 4.69) is 12.1 Å². The number of hydrogen-bond donors (Lipinski definition) is 0. The lowest BCUT2D eigenvalue weighted by molar-refractivity contribution is 0.306. The molecule has 5 rings (SSSR count). The van der Waals surface area contributed by atoms with E-state index in [1.807, 2.05) is 91.0 Å². The zero-order valence-corrected chi connectivity index (χ0v) is 19.6. The standard InChI is InChI=1S/C31H26O4/c1-33-24-18-15-23(16-19-24)21-34-28-13-7-6-12-26(28)31-27(20-17-22-9-3-2-4-10-22)30(32)25-11-5-8-14-29(25)35-31/h2-16,18-19H,17,20-21H2,1H3. The van der Waals surface area contributed by atoms with Gasteiger partial charge in [0.2, 0.25) is 0 Å². The summed E-state index contributed by atoms with van der Waals surface area (Å²) in [6.07, 6.45) is 1.31. The molecule has 0 aliphatic rings. The highest BCUT2D eigenvalue weighted by atomic mass is 16.5. The lowest BCUT2D eigenvalue weighted by Gasteiger charge is -2.15. The fourth-order valence-corrected chi connectivity index (χ4v) is 4.20. The number of para-hydroxylation sites is 2. The van der Waals surface area contributed by atoms with Crippen molar-refractivity contribution in [1.29, 1.82) is 0 Å². The summed E-state index contributed by atoms with van der Waals surface area (Å²) in [5.74, 6) is 2.04. The highest BCUT2D eigenvalue weighted by Crippen LogP contribution is 2.34. The van der Waals surface area contributed by atoms with E-state index in [0.29, 0.717) is 41.1 Å². The average molecular weight is 463 g/mol. The Bertz CT molecular complexity index is 1480. The molecule has 4 aromatic carbocycles. The van der Waals surface area contributed by atoms with Gasteiger partial charge in [-0.2, -0.15) is 0 Å². The van der Waals surface area contributed by atoms with Gasteiger partial charge in [0, 0.05) is 5.56 Å². The third-order valence-corrected chi connectivity index (χ3v) is 6.08. The molecule has 0 radical (unpaired) electrons. The van der Waals surface area contributed by atoms with Crippen LogP contribution in [0.3, 0.4) is 0 Å². The molecule has 0 saturated carbocycles. The smallest absolute Gasteiger partial charge is 0.196 e. The van der Waals surface area contributed by atoms with Gasteiger partial charge in [0.25, 0.3) is 0 Å². The Labute approximate surface area is 204 Å². The Hall–Kier alpha value is -4.31. The molecule has 1 heterocycles. The predicted octanol–water partition coefficient (Wildman–Crippen LogP) is 6.83. The molecule has 0 amide bonds. The second kappa shape index (κ2) is 10.3. The van der Waals surface area contributed by atoms with Crippen LogP contribution in [0, 0.1) is 0 Å². The lowest BCUT2D eigenvalue weighted by Crippen LogP contribution is -2.12. The predicted molar refractivity (Wildman–Crippen MR) is 139 cm³/mol. The van der Waals surface area contributed by atoms with E-state index in [0.717, 1.165) is 23.3 Å². The fourth-order valence-electron chi connectivity index (χ4n) is 4.20. The highest BCUT2D eigenvalue weighted by molar-refractivity contribution is 5.81. The molecule has 0 bridgehead atoms. The van der Waals surface area contributed by atoms with E-state index >= 15 is 0 Å². The van der Waals surface area contributed by atoms with E-state index in [1.54, 1.807) is 7.11 Å². The van der Waals surface area contributed by atoms with Crippen LogP contribution in [0.25, 0.3) is 22.3 Å². The third-order valence-electron chi connectivity index (χ3n) is 6.08. The number of rotatable bonds is 8. The van der Waals surface area contributed by atoms with Gasteiger partial charge in [0.1, 0.15) is 29.4 Å². The van der Waals surface area contributed by atoms with E-state index in [4.69, 9.17) is 13.9 Å². The van der Waals surface area contributed by atoms with Crippen LogP contribution in [0.15, 0.2) is 112 Å². The molecule has 0 atom stereocenters. The molecular formula is C31H26O4. The minimum atomic E-state index is 0.00254. The summed E-state index contributed by atoms with van der Waals surface area (Å²) in [6, 6.07) is 33.1. The topological polar surface area (TPSA) is 48.7 Å². The Morgan fingerprint density at radius 3 is 2.23 bits per heavy atom. The van der Waals surface area contributed by atoms with Gasteiger partial charge in [-0.1, -0.05) is 66.7 Å². The number of methoxy groups -OCH3 is 1. The van der Waals surface area contributed by atoms with Crippen LogP contribution in [0.1, 0.15) is 16.7 Å². The van der Waals surface area contributed by atoms with Crippen molar-refractivity contribution in [2.75, 3.05) is 7.11 Å². The lowest BCUT2D eigenvalue weighted by atomic mass is 9.98. The summed E-state index contributed by atoms with van der Waals surface area (Å²) in [5.41, 5.74) is 4.20. The first-order valence-corrected chi connectivity index (χ1v) is 11.7. The molecule has 5 aromatic rings. The second-order valence-electron chi connectivity index (χ2n) is 8.35. The molecule has 0 aliphatic carbocycles. The molecule has 0 N–H and O–H groups in total. The van der Waals surface area contributed by atoms with Gasteiger partial charge in [0.15, 0.2) is 5.43 Å². The molecule has 0 saturated heterocycles. The van der Waals surface area contributed by atoms with Gasteiger partial charge in [-0.25, -0.2) is 0 Å². The minimum Gasteiger partial charge on any atom is -0.497 e. The SMILES string of the molecule is COc1ccc(COc2ccccc2-c2oc3ccccc3c(=O)c2CCc2ccccc2)cc1. The van der Waals surface area contributed by atoms with Crippen molar-refractivity contribution < 1.29 is 13.9 Å². The first-order chi connectivity index (χ1) is 17.2. The average Bonchev–Trinajstić information content (AvgIpc) is 2.92. The van der Waals surface area contributed by atoms with Crippen LogP contribution in [-0.2, 0) is 19.4 Å². The maximum atomic E-state index is 13.6. The Morgan fingerprint density at radius 1 is 0.714 bits per heavy atom. The van der Waals surface area contributed by atoms with Crippen molar-refractivity contribution >= 4 is 11.0 Å². The molecule has 174 valence electrons. The van der Waals surface area contributed by atoms with E-state index < -0.39 is 0 Å². The Kier molecular flexibility index (Phi) is 6.62. The third kappa shape index (κ3) is 4.97. The quantitative estimate of drug-likeness (QED) is 0.253. The monoisotopic (exact) mass is 462 g/mol. The van der Waals surface area contributed by atoms with E-state index in [-0.39, 0.29) is 5.43 Å². The summed E-state index contributed by atoms with van der Waals surface area (Å²) >= 11 is 0. The first kappa shape index (κ1) is 22.5. The molecule has 0 unspecified atom stereocenters. The fraction of sp³-hybridized carbons (Fsp3) is 0.129. The maximum absolute atomic E-state index is 13.6. The second-order valence-corrected chi connectivity index (χ2v) is 8.35. The molecule has 0 aliphatic heterocycles. The van der Waals surface area contributed by atoms with Crippen LogP contribution in [0.4, 0.5) is 0 Å². The van der Waals surface area contributed by atoms with Gasteiger partial charge in [-0.15, -0.1) is 0 Å². The van der Waals surface area contributed by atoms with Gasteiger partial charge < -0.3 is 13.9 Å². The zero-order valence-electron chi connectivity index (χ0n) is 19.6. The normalized spacial score (nSPS) is 10.9. The minimum absolute atomic E-state index is 0.00254. The van der Waals surface area contributed by atoms with Crippen LogP contribution in [0.5, 0.6) is 11.5 Å². The molecule has 4 heteroatoms. The molecule has 1 aromatic heterocycles. The molecule has 0 spiro atoms. The number of aryl methyl sites for hydroxylation is 1. The molecular weight excluding hydrogens is 436 g/mol. The summed E-state index contributed by atoms with van der Waals surface area (Å²) < 4.78 is 17.8. The maximum Gasteiger partial charge on any atom is 0.196 e. The van der Waals surface area contributed by atoms with Gasteiger partial charge >= 0.3 is 0 Å². The number of benzene rings is 4. The van der Waals surface area contributed by atoms with Crippen molar-refractivity contribution in [2.45, 2.75) is 19.4 Å². The van der Waals surface area contributed by atoms with E-state index in [9.17, 15) is 4.79 Å². The summed E-state index contributed by atoms with van der Waals surface area (Å²) in [7, 11) is 1.65. The molecule has 35 heavy (non-hydrogen) atoms. The summed E-state index contributed by atoms with van der Waals surface area (Å²) in [5, 5.41) is 0.593. The molecule has 0 fully saturated rings.